The summed E-state index contributed by atoms with van der Waals surface area (Å²) in [5.74, 6) is -0.0896. The monoisotopic (exact) mass is 237 g/mol. The van der Waals surface area contributed by atoms with Crippen molar-refractivity contribution in [1.29, 1.82) is 0 Å². The van der Waals surface area contributed by atoms with E-state index in [9.17, 15) is 14.9 Å². The quantitative estimate of drug-likeness (QED) is 0.634. The highest BCUT2D eigenvalue weighted by atomic mass is 16.6. The molecule has 1 aromatic carbocycles. The maximum atomic E-state index is 11.3. The molecule has 0 unspecified atom stereocenters. The number of carbonyl (C=O) groups is 1. The summed E-state index contributed by atoms with van der Waals surface area (Å²) in [6.45, 7) is 1.79. The molecule has 0 heterocycles. The number of nitro benzene ring substituents is 1. The number of hydrogen-bond donors (Lipinski definition) is 1. The Kier molecular flexibility index (Phi) is 4.03. The molecular weight excluding hydrogens is 222 g/mol. The molecule has 1 aromatic rings. The van der Waals surface area contributed by atoms with Gasteiger partial charge in [-0.1, -0.05) is 6.07 Å². The first-order valence-corrected chi connectivity index (χ1v) is 5.11. The van der Waals surface area contributed by atoms with Crippen LogP contribution in [-0.2, 0) is 4.79 Å². The average Bonchev–Trinajstić information content (AvgIpc) is 2.26. The predicted molar refractivity (Wildman–Crippen MR) is 65.0 cm³/mol. The Bertz CT molecular complexity index is 444. The molecule has 1 rings (SSSR count). The van der Waals surface area contributed by atoms with Gasteiger partial charge in [0.05, 0.1) is 11.5 Å². The standard InChI is InChI=1S/C11H15N3O3/c1-8-4-5-9(6-10(8)14(16)17)12-7-11(15)13(2)3/h4-6,12H,7H2,1-3H3. The molecule has 0 spiro atoms. The van der Waals surface area contributed by atoms with Crippen molar-refractivity contribution in [2.75, 3.05) is 26.0 Å². The Morgan fingerprint density at radius 1 is 1.47 bits per heavy atom. The lowest BCUT2D eigenvalue weighted by molar-refractivity contribution is -0.385. The highest BCUT2D eigenvalue weighted by Gasteiger charge is 2.11. The number of benzene rings is 1. The van der Waals surface area contributed by atoms with E-state index in [0.29, 0.717) is 11.3 Å². The first-order chi connectivity index (χ1) is 7.91. The molecule has 17 heavy (non-hydrogen) atoms. The molecule has 0 saturated heterocycles. The minimum atomic E-state index is -0.436. The van der Waals surface area contributed by atoms with E-state index in [1.165, 1.54) is 11.0 Å². The normalized spacial score (nSPS) is 9.82. The summed E-state index contributed by atoms with van der Waals surface area (Å²) < 4.78 is 0. The van der Waals surface area contributed by atoms with Crippen LogP contribution in [0.3, 0.4) is 0 Å². The molecule has 0 aliphatic rings. The average molecular weight is 237 g/mol. The lowest BCUT2D eigenvalue weighted by Crippen LogP contribution is -2.28. The first-order valence-electron chi connectivity index (χ1n) is 5.11. The summed E-state index contributed by atoms with van der Waals surface area (Å²) in [6, 6.07) is 4.80. The fourth-order valence-electron chi connectivity index (χ4n) is 1.25. The van der Waals surface area contributed by atoms with E-state index in [0.717, 1.165) is 0 Å². The molecule has 1 N–H and O–H groups in total. The van der Waals surface area contributed by atoms with Crippen LogP contribution in [0.2, 0.25) is 0 Å². The number of amides is 1. The number of anilines is 1. The van der Waals surface area contributed by atoms with Crippen LogP contribution in [0, 0.1) is 17.0 Å². The van der Waals surface area contributed by atoms with Gasteiger partial charge in [0.25, 0.3) is 5.69 Å². The molecule has 0 aliphatic heterocycles. The summed E-state index contributed by atoms with van der Waals surface area (Å²) in [6.07, 6.45) is 0. The van der Waals surface area contributed by atoms with Gasteiger partial charge in [-0.25, -0.2) is 0 Å². The van der Waals surface area contributed by atoms with E-state index in [1.807, 2.05) is 0 Å². The van der Waals surface area contributed by atoms with Gasteiger partial charge in [-0.15, -0.1) is 0 Å². The van der Waals surface area contributed by atoms with Crippen LogP contribution in [0.4, 0.5) is 11.4 Å². The molecule has 6 nitrogen and oxygen atoms in total. The molecule has 0 fully saturated rings. The van der Waals surface area contributed by atoms with Crippen molar-refractivity contribution < 1.29 is 9.72 Å². The van der Waals surface area contributed by atoms with Gasteiger partial charge in [-0.05, 0) is 13.0 Å². The van der Waals surface area contributed by atoms with E-state index < -0.39 is 4.92 Å². The molecule has 6 heteroatoms. The van der Waals surface area contributed by atoms with Crippen molar-refractivity contribution in [2.24, 2.45) is 0 Å². The van der Waals surface area contributed by atoms with Gasteiger partial charge >= 0.3 is 0 Å². The van der Waals surface area contributed by atoms with Crippen LogP contribution in [0.5, 0.6) is 0 Å². The van der Waals surface area contributed by atoms with Crippen LogP contribution in [-0.4, -0.2) is 36.4 Å². The number of aryl methyl sites for hydroxylation is 1. The van der Waals surface area contributed by atoms with Gasteiger partial charge in [0, 0.05) is 31.4 Å². The van der Waals surface area contributed by atoms with E-state index in [4.69, 9.17) is 0 Å². The summed E-state index contributed by atoms with van der Waals surface area (Å²) in [5, 5.41) is 13.6. The molecule has 0 aromatic heterocycles. The number of carbonyl (C=O) groups excluding carboxylic acids is 1. The Morgan fingerprint density at radius 3 is 2.65 bits per heavy atom. The Balaban J connectivity index is 2.76. The van der Waals surface area contributed by atoms with Crippen molar-refractivity contribution in [3.05, 3.63) is 33.9 Å². The molecule has 0 bridgehead atoms. The highest BCUT2D eigenvalue weighted by Crippen LogP contribution is 2.21. The summed E-state index contributed by atoms with van der Waals surface area (Å²) in [7, 11) is 3.31. The summed E-state index contributed by atoms with van der Waals surface area (Å²) in [5.41, 5.74) is 1.21. The third-order valence-corrected chi connectivity index (χ3v) is 2.35. The van der Waals surface area contributed by atoms with Crippen LogP contribution in [0.1, 0.15) is 5.56 Å². The maximum Gasteiger partial charge on any atom is 0.274 e. The van der Waals surface area contributed by atoms with Gasteiger partial charge in [0.15, 0.2) is 0 Å². The maximum absolute atomic E-state index is 11.3. The topological polar surface area (TPSA) is 75.5 Å². The van der Waals surface area contributed by atoms with E-state index in [1.54, 1.807) is 33.2 Å². The van der Waals surface area contributed by atoms with Crippen LogP contribution < -0.4 is 5.32 Å². The third kappa shape index (κ3) is 3.44. The van der Waals surface area contributed by atoms with E-state index in [2.05, 4.69) is 5.32 Å². The zero-order valence-electron chi connectivity index (χ0n) is 10.1. The molecule has 0 aliphatic carbocycles. The molecule has 92 valence electrons. The zero-order chi connectivity index (χ0) is 13.0. The van der Waals surface area contributed by atoms with Gasteiger partial charge in [0.2, 0.25) is 5.91 Å². The van der Waals surface area contributed by atoms with Crippen LogP contribution >= 0.6 is 0 Å². The van der Waals surface area contributed by atoms with Crippen molar-refractivity contribution in [3.8, 4) is 0 Å². The van der Waals surface area contributed by atoms with Crippen LogP contribution in [0.25, 0.3) is 0 Å². The molecule has 0 atom stereocenters. The minimum Gasteiger partial charge on any atom is -0.376 e. The van der Waals surface area contributed by atoms with Crippen molar-refractivity contribution in [2.45, 2.75) is 6.92 Å². The lowest BCUT2D eigenvalue weighted by Gasteiger charge is -2.11. The smallest absolute Gasteiger partial charge is 0.274 e. The number of nitrogens with one attached hydrogen (secondary N) is 1. The Labute approximate surface area is 99.4 Å². The molecular formula is C11H15N3O3. The van der Waals surface area contributed by atoms with Gasteiger partial charge in [-0.2, -0.15) is 0 Å². The molecule has 1 amide bonds. The second-order valence-electron chi connectivity index (χ2n) is 3.90. The van der Waals surface area contributed by atoms with Crippen molar-refractivity contribution in [1.82, 2.24) is 4.90 Å². The third-order valence-electron chi connectivity index (χ3n) is 2.35. The zero-order valence-corrected chi connectivity index (χ0v) is 10.1. The summed E-state index contributed by atoms with van der Waals surface area (Å²) in [4.78, 5) is 23.1. The summed E-state index contributed by atoms with van der Waals surface area (Å²) >= 11 is 0. The largest absolute Gasteiger partial charge is 0.376 e. The Hall–Kier alpha value is -2.11. The van der Waals surface area contributed by atoms with E-state index in [-0.39, 0.29) is 18.1 Å². The van der Waals surface area contributed by atoms with Crippen molar-refractivity contribution in [3.63, 3.8) is 0 Å². The number of nitro groups is 1. The SMILES string of the molecule is Cc1ccc(NCC(=O)N(C)C)cc1[N+](=O)[O-]. The number of rotatable bonds is 4. The number of nitrogens with zero attached hydrogens (tertiary/aromatic N) is 2. The van der Waals surface area contributed by atoms with Gasteiger partial charge in [0.1, 0.15) is 0 Å². The fraction of sp³-hybridized carbons (Fsp3) is 0.364. The second-order valence-corrected chi connectivity index (χ2v) is 3.90. The van der Waals surface area contributed by atoms with E-state index >= 15 is 0 Å². The lowest BCUT2D eigenvalue weighted by atomic mass is 10.2. The molecule has 0 saturated carbocycles. The number of likely N-dealkylation sites (N-methyl/N-ethyl adjacent to an activating group) is 1. The van der Waals surface area contributed by atoms with Gasteiger partial charge < -0.3 is 10.2 Å². The highest BCUT2D eigenvalue weighted by molar-refractivity contribution is 5.80. The second kappa shape index (κ2) is 5.29. The fourth-order valence-corrected chi connectivity index (χ4v) is 1.25. The molecule has 0 radical (unpaired) electrons. The van der Waals surface area contributed by atoms with Crippen molar-refractivity contribution >= 4 is 17.3 Å². The Morgan fingerprint density at radius 2 is 2.12 bits per heavy atom. The predicted octanol–water partition coefficient (Wildman–Crippen LogP) is 1.40. The minimum absolute atomic E-state index is 0.0484. The van der Waals surface area contributed by atoms with Crippen LogP contribution in [0.15, 0.2) is 18.2 Å². The first kappa shape index (κ1) is 13.0. The van der Waals surface area contributed by atoms with Gasteiger partial charge in [-0.3, -0.25) is 14.9 Å². The number of hydrogen-bond acceptors (Lipinski definition) is 4.